The van der Waals surface area contributed by atoms with Crippen molar-refractivity contribution in [3.63, 3.8) is 0 Å². The molecule has 1 aliphatic heterocycles. The van der Waals surface area contributed by atoms with E-state index in [0.29, 0.717) is 5.95 Å². The molecule has 0 fully saturated rings. The third kappa shape index (κ3) is 2.49. The van der Waals surface area contributed by atoms with E-state index in [9.17, 15) is 0 Å². The molecule has 5 heteroatoms. The fourth-order valence-electron chi connectivity index (χ4n) is 2.61. The number of likely N-dealkylation sites (N-methyl/N-ethyl adjacent to an activating group) is 1. The lowest BCUT2D eigenvalue weighted by molar-refractivity contribution is 0.266. The SMILES string of the molecule is CCN1CCc2nc(N)nc(-c3ccc(Cl)cc3)c2C1. The predicted molar refractivity (Wildman–Crippen MR) is 81.5 cm³/mol. The Kier molecular flexibility index (Phi) is 3.59. The fourth-order valence-corrected chi connectivity index (χ4v) is 2.73. The molecule has 1 aliphatic rings. The van der Waals surface area contributed by atoms with Gasteiger partial charge in [0.25, 0.3) is 0 Å². The molecule has 2 heterocycles. The highest BCUT2D eigenvalue weighted by Gasteiger charge is 2.21. The molecule has 0 bridgehead atoms. The first kappa shape index (κ1) is 13.3. The van der Waals surface area contributed by atoms with Crippen molar-refractivity contribution in [2.75, 3.05) is 18.8 Å². The van der Waals surface area contributed by atoms with Crippen molar-refractivity contribution in [1.29, 1.82) is 0 Å². The Morgan fingerprint density at radius 3 is 2.70 bits per heavy atom. The van der Waals surface area contributed by atoms with E-state index < -0.39 is 0 Å². The van der Waals surface area contributed by atoms with Gasteiger partial charge in [0.1, 0.15) is 0 Å². The lowest BCUT2D eigenvalue weighted by atomic mass is 9.99. The number of hydrogen-bond acceptors (Lipinski definition) is 4. The van der Waals surface area contributed by atoms with Gasteiger partial charge in [0.2, 0.25) is 5.95 Å². The summed E-state index contributed by atoms with van der Waals surface area (Å²) >= 11 is 5.95. The van der Waals surface area contributed by atoms with Crippen molar-refractivity contribution in [3.8, 4) is 11.3 Å². The van der Waals surface area contributed by atoms with Crippen molar-refractivity contribution in [1.82, 2.24) is 14.9 Å². The molecule has 20 heavy (non-hydrogen) atoms. The molecule has 2 N–H and O–H groups in total. The maximum Gasteiger partial charge on any atom is 0.220 e. The summed E-state index contributed by atoms with van der Waals surface area (Å²) in [5, 5.41) is 0.722. The lowest BCUT2D eigenvalue weighted by Crippen LogP contribution is -2.31. The van der Waals surface area contributed by atoms with E-state index in [1.54, 1.807) is 0 Å². The highest BCUT2D eigenvalue weighted by Crippen LogP contribution is 2.29. The molecule has 0 saturated heterocycles. The summed E-state index contributed by atoms with van der Waals surface area (Å²) in [5.74, 6) is 0.346. The van der Waals surface area contributed by atoms with Crippen LogP contribution in [0.4, 0.5) is 5.95 Å². The molecule has 1 aromatic heterocycles. The van der Waals surface area contributed by atoms with Crippen molar-refractivity contribution in [3.05, 3.63) is 40.5 Å². The molecule has 0 radical (unpaired) electrons. The van der Waals surface area contributed by atoms with Gasteiger partial charge in [-0.1, -0.05) is 30.7 Å². The highest BCUT2D eigenvalue weighted by molar-refractivity contribution is 6.30. The molecule has 0 spiro atoms. The van der Waals surface area contributed by atoms with E-state index in [2.05, 4.69) is 21.8 Å². The Labute approximate surface area is 123 Å². The summed E-state index contributed by atoms with van der Waals surface area (Å²) in [7, 11) is 0. The Morgan fingerprint density at radius 1 is 1.25 bits per heavy atom. The average Bonchev–Trinajstić information content (AvgIpc) is 2.47. The number of halogens is 1. The van der Waals surface area contributed by atoms with Crippen molar-refractivity contribution < 1.29 is 0 Å². The second-order valence-electron chi connectivity index (χ2n) is 4.98. The third-order valence-corrected chi connectivity index (χ3v) is 3.97. The summed E-state index contributed by atoms with van der Waals surface area (Å²) in [4.78, 5) is 11.2. The Morgan fingerprint density at radius 2 is 2.00 bits per heavy atom. The lowest BCUT2D eigenvalue weighted by Gasteiger charge is -2.28. The zero-order chi connectivity index (χ0) is 14.1. The van der Waals surface area contributed by atoms with E-state index >= 15 is 0 Å². The molecule has 0 saturated carbocycles. The first-order chi connectivity index (χ1) is 9.67. The standard InChI is InChI=1S/C15H17ClN4/c1-2-20-8-7-13-12(9-20)14(19-15(17)18-13)10-3-5-11(16)6-4-10/h3-6H,2,7-9H2,1H3,(H2,17,18,19). The number of nitrogens with zero attached hydrogens (tertiary/aromatic N) is 3. The van der Waals surface area contributed by atoms with Gasteiger partial charge >= 0.3 is 0 Å². The monoisotopic (exact) mass is 288 g/mol. The summed E-state index contributed by atoms with van der Waals surface area (Å²) in [6.07, 6.45) is 0.927. The number of anilines is 1. The van der Waals surface area contributed by atoms with Crippen LogP contribution in [-0.4, -0.2) is 28.0 Å². The van der Waals surface area contributed by atoms with Gasteiger partial charge in [0, 0.05) is 35.7 Å². The van der Waals surface area contributed by atoms with Gasteiger partial charge in [0.05, 0.1) is 11.4 Å². The molecule has 1 aromatic carbocycles. The number of nitrogen functional groups attached to an aromatic ring is 1. The van der Waals surface area contributed by atoms with E-state index in [-0.39, 0.29) is 0 Å². The van der Waals surface area contributed by atoms with Gasteiger partial charge < -0.3 is 5.73 Å². The molecule has 0 atom stereocenters. The van der Waals surface area contributed by atoms with Crippen molar-refractivity contribution >= 4 is 17.5 Å². The third-order valence-electron chi connectivity index (χ3n) is 3.72. The van der Waals surface area contributed by atoms with Gasteiger partial charge in [-0.2, -0.15) is 0 Å². The van der Waals surface area contributed by atoms with Crippen molar-refractivity contribution in [2.45, 2.75) is 19.9 Å². The van der Waals surface area contributed by atoms with Gasteiger partial charge in [-0.15, -0.1) is 0 Å². The number of rotatable bonds is 2. The minimum Gasteiger partial charge on any atom is -0.368 e. The number of hydrogen-bond donors (Lipinski definition) is 1. The molecule has 2 aromatic rings. The fraction of sp³-hybridized carbons (Fsp3) is 0.333. The van der Waals surface area contributed by atoms with Gasteiger partial charge in [-0.25, -0.2) is 9.97 Å². The molecular weight excluding hydrogens is 272 g/mol. The largest absolute Gasteiger partial charge is 0.368 e. The number of benzene rings is 1. The van der Waals surface area contributed by atoms with Crippen LogP contribution in [0.3, 0.4) is 0 Å². The number of fused-ring (bicyclic) bond motifs is 1. The first-order valence-corrected chi connectivity index (χ1v) is 7.18. The van der Waals surface area contributed by atoms with Crippen LogP contribution in [0.15, 0.2) is 24.3 Å². The Bertz CT molecular complexity index is 625. The van der Waals surface area contributed by atoms with Gasteiger partial charge in [-0.3, -0.25) is 4.90 Å². The Balaban J connectivity index is 2.10. The normalized spacial score (nSPS) is 15.1. The molecule has 104 valence electrons. The minimum atomic E-state index is 0.346. The second-order valence-corrected chi connectivity index (χ2v) is 5.42. The molecule has 0 aliphatic carbocycles. The quantitative estimate of drug-likeness (QED) is 0.923. The van der Waals surface area contributed by atoms with Crippen LogP contribution in [0.5, 0.6) is 0 Å². The zero-order valence-corrected chi connectivity index (χ0v) is 12.2. The summed E-state index contributed by atoms with van der Waals surface area (Å²) in [6.45, 7) is 5.11. The van der Waals surface area contributed by atoms with E-state index in [1.807, 2.05) is 24.3 Å². The van der Waals surface area contributed by atoms with E-state index in [1.165, 1.54) is 5.56 Å². The van der Waals surface area contributed by atoms with E-state index in [4.69, 9.17) is 17.3 Å². The average molecular weight is 289 g/mol. The second kappa shape index (κ2) is 5.38. The van der Waals surface area contributed by atoms with Crippen LogP contribution in [0.25, 0.3) is 11.3 Å². The van der Waals surface area contributed by atoms with Gasteiger partial charge in [-0.05, 0) is 18.7 Å². The molecule has 4 nitrogen and oxygen atoms in total. The van der Waals surface area contributed by atoms with E-state index in [0.717, 1.165) is 48.0 Å². The predicted octanol–water partition coefficient (Wildman–Crippen LogP) is 2.76. The zero-order valence-electron chi connectivity index (χ0n) is 11.4. The maximum absolute atomic E-state index is 5.95. The molecule has 0 unspecified atom stereocenters. The Hall–Kier alpha value is -1.65. The van der Waals surface area contributed by atoms with Crippen LogP contribution >= 0.6 is 11.6 Å². The van der Waals surface area contributed by atoms with Crippen LogP contribution in [0.2, 0.25) is 5.02 Å². The topological polar surface area (TPSA) is 55.0 Å². The first-order valence-electron chi connectivity index (χ1n) is 6.81. The highest BCUT2D eigenvalue weighted by atomic mass is 35.5. The summed E-state index contributed by atoms with van der Waals surface area (Å²) in [5.41, 5.74) is 10.1. The van der Waals surface area contributed by atoms with Crippen molar-refractivity contribution in [2.24, 2.45) is 0 Å². The maximum atomic E-state index is 5.95. The smallest absolute Gasteiger partial charge is 0.220 e. The number of nitrogens with two attached hydrogens (primary N) is 1. The van der Waals surface area contributed by atoms with Gasteiger partial charge in [0.15, 0.2) is 0 Å². The molecule has 3 rings (SSSR count). The van der Waals surface area contributed by atoms with Crippen LogP contribution in [0, 0.1) is 0 Å². The van der Waals surface area contributed by atoms with Crippen LogP contribution in [-0.2, 0) is 13.0 Å². The minimum absolute atomic E-state index is 0.346. The summed E-state index contributed by atoms with van der Waals surface area (Å²) in [6, 6.07) is 7.72. The molecular formula is C15H17ClN4. The van der Waals surface area contributed by atoms with Crippen LogP contribution < -0.4 is 5.73 Å². The number of aromatic nitrogens is 2. The van der Waals surface area contributed by atoms with Crippen LogP contribution in [0.1, 0.15) is 18.2 Å². The molecule has 0 amide bonds. The summed E-state index contributed by atoms with van der Waals surface area (Å²) < 4.78 is 0.